The quantitative estimate of drug-likeness (QED) is 0.235. The fourth-order valence-electron chi connectivity index (χ4n) is 2.76. The summed E-state index contributed by atoms with van der Waals surface area (Å²) in [7, 11) is -3.83. The van der Waals surface area contributed by atoms with Crippen LogP contribution in [-0.2, 0) is 10.0 Å². The van der Waals surface area contributed by atoms with E-state index < -0.39 is 15.6 Å². The third-order valence-electron chi connectivity index (χ3n) is 4.22. The number of benzene rings is 2. The normalized spacial score (nSPS) is 11.8. The molecule has 0 spiro atoms. The maximum atomic E-state index is 12.4. The Morgan fingerprint density at radius 2 is 1.84 bits per heavy atom. The van der Waals surface area contributed by atoms with Gasteiger partial charge in [-0.15, -0.1) is 0 Å². The summed E-state index contributed by atoms with van der Waals surface area (Å²) >= 11 is 0. The molecule has 0 radical (unpaired) electrons. The summed E-state index contributed by atoms with van der Waals surface area (Å²) in [6, 6.07) is 13.2. The summed E-state index contributed by atoms with van der Waals surface area (Å²) in [5.74, 6) is 0.459. The maximum Gasteiger partial charge on any atom is 0.336 e. The van der Waals surface area contributed by atoms with E-state index in [1.165, 1.54) is 48.7 Å². The molecular weight excluding hydrogens is 424 g/mol. The minimum absolute atomic E-state index is 0.0242. The average molecular weight is 440 g/mol. The zero-order valence-corrected chi connectivity index (χ0v) is 16.9. The molecule has 11 heteroatoms. The third kappa shape index (κ3) is 4.41. The number of hydrogen-bond acceptors (Lipinski definition) is 9. The minimum atomic E-state index is -3.83. The average Bonchev–Trinajstić information content (AvgIpc) is 3.14. The molecule has 0 aliphatic rings. The second-order valence-corrected chi connectivity index (χ2v) is 8.18. The second kappa shape index (κ2) is 7.95. The molecular formula is C20H16N4O6S. The number of hydrogen-bond donors (Lipinski definition) is 3. The van der Waals surface area contributed by atoms with Gasteiger partial charge in [-0.2, -0.15) is 5.10 Å². The molecule has 158 valence electrons. The molecule has 0 aliphatic carbocycles. The Labute approximate surface area is 175 Å². The molecule has 2 aromatic heterocycles. The van der Waals surface area contributed by atoms with Crippen molar-refractivity contribution >= 4 is 38.7 Å². The molecule has 0 aliphatic heterocycles. The molecule has 0 amide bonds. The van der Waals surface area contributed by atoms with Crippen LogP contribution in [0.3, 0.4) is 0 Å². The van der Waals surface area contributed by atoms with E-state index >= 15 is 0 Å². The Hall–Kier alpha value is -4.12. The Kier molecular flexibility index (Phi) is 5.17. The summed E-state index contributed by atoms with van der Waals surface area (Å²) in [5.41, 5.74) is 3.11. The number of nitrogens with one attached hydrogen (secondary N) is 2. The van der Waals surface area contributed by atoms with Crippen LogP contribution in [0.15, 0.2) is 78.3 Å². The zero-order valence-electron chi connectivity index (χ0n) is 16.1. The summed E-state index contributed by atoms with van der Waals surface area (Å²) in [6.07, 6.45) is 1.31. The van der Waals surface area contributed by atoms with Crippen molar-refractivity contribution in [3.63, 3.8) is 0 Å². The van der Waals surface area contributed by atoms with E-state index in [9.17, 15) is 18.3 Å². The standard InChI is InChI=1S/C20H16N4O6S/c1-12-10-18(23-30-12)24-31(27,28)15-6-4-14(5-7-15)22-21-11-16-17(25)8-2-13-3-9-19(26)29-20(13)16/h2-11,22,25H,1H3,(H,23,24)/b21-11+. The first-order valence-electron chi connectivity index (χ1n) is 8.93. The fraction of sp³-hybridized carbons (Fsp3) is 0.0500. The molecule has 2 aromatic carbocycles. The van der Waals surface area contributed by atoms with Gasteiger partial charge in [-0.25, -0.2) is 13.2 Å². The van der Waals surface area contributed by atoms with Crippen LogP contribution >= 0.6 is 0 Å². The molecule has 0 saturated carbocycles. The highest BCUT2D eigenvalue weighted by atomic mass is 32.2. The van der Waals surface area contributed by atoms with Gasteiger partial charge in [0.15, 0.2) is 11.4 Å². The second-order valence-electron chi connectivity index (χ2n) is 6.49. The van der Waals surface area contributed by atoms with E-state index in [-0.39, 0.29) is 27.6 Å². The largest absolute Gasteiger partial charge is 0.507 e. The summed E-state index contributed by atoms with van der Waals surface area (Å²) in [4.78, 5) is 11.5. The number of anilines is 2. The number of aromatic hydroxyl groups is 1. The molecule has 2 heterocycles. The lowest BCUT2D eigenvalue weighted by Crippen LogP contribution is -2.13. The van der Waals surface area contributed by atoms with E-state index in [1.54, 1.807) is 19.1 Å². The minimum Gasteiger partial charge on any atom is -0.507 e. The van der Waals surface area contributed by atoms with Crippen molar-refractivity contribution in [2.45, 2.75) is 11.8 Å². The molecule has 0 bridgehead atoms. The number of nitrogens with zero attached hydrogens (tertiary/aromatic N) is 2. The summed E-state index contributed by atoms with van der Waals surface area (Å²) in [5, 5.41) is 18.3. The predicted octanol–water partition coefficient (Wildman–Crippen LogP) is 3.04. The first-order valence-corrected chi connectivity index (χ1v) is 10.4. The van der Waals surface area contributed by atoms with Gasteiger partial charge in [-0.3, -0.25) is 10.1 Å². The first-order chi connectivity index (χ1) is 14.8. The molecule has 0 fully saturated rings. The lowest BCUT2D eigenvalue weighted by atomic mass is 10.1. The Balaban J connectivity index is 1.51. The van der Waals surface area contributed by atoms with Crippen LogP contribution in [0.1, 0.15) is 11.3 Å². The Bertz CT molecular complexity index is 1440. The van der Waals surface area contributed by atoms with Crippen LogP contribution < -0.4 is 15.8 Å². The molecule has 0 atom stereocenters. The van der Waals surface area contributed by atoms with Crippen LogP contribution in [0.5, 0.6) is 5.75 Å². The lowest BCUT2D eigenvalue weighted by molar-refractivity contribution is 0.400. The fourth-order valence-corrected chi connectivity index (χ4v) is 3.74. The summed E-state index contributed by atoms with van der Waals surface area (Å²) < 4.78 is 37.1. The van der Waals surface area contributed by atoms with Crippen molar-refractivity contribution in [2.75, 3.05) is 10.1 Å². The van der Waals surface area contributed by atoms with E-state index in [0.717, 1.165) is 0 Å². The number of hydrazone groups is 1. The molecule has 4 aromatic rings. The molecule has 3 N–H and O–H groups in total. The predicted molar refractivity (Wildman–Crippen MR) is 114 cm³/mol. The smallest absolute Gasteiger partial charge is 0.336 e. The van der Waals surface area contributed by atoms with Gasteiger partial charge in [0.05, 0.1) is 22.4 Å². The van der Waals surface area contributed by atoms with Crippen molar-refractivity contribution in [3.8, 4) is 5.75 Å². The zero-order chi connectivity index (χ0) is 22.0. The monoisotopic (exact) mass is 440 g/mol. The highest BCUT2D eigenvalue weighted by molar-refractivity contribution is 7.92. The lowest BCUT2D eigenvalue weighted by Gasteiger charge is -2.06. The van der Waals surface area contributed by atoms with Gasteiger partial charge >= 0.3 is 5.63 Å². The van der Waals surface area contributed by atoms with Gasteiger partial charge in [0.25, 0.3) is 10.0 Å². The van der Waals surface area contributed by atoms with Gasteiger partial charge in [-0.1, -0.05) is 5.16 Å². The van der Waals surface area contributed by atoms with Crippen LogP contribution in [0.4, 0.5) is 11.5 Å². The van der Waals surface area contributed by atoms with E-state index in [2.05, 4.69) is 20.4 Å². The Morgan fingerprint density at radius 3 is 2.55 bits per heavy atom. The Morgan fingerprint density at radius 1 is 1.10 bits per heavy atom. The number of phenolic OH excluding ortho intramolecular Hbond substituents is 1. The topological polar surface area (TPSA) is 147 Å². The molecule has 0 unspecified atom stereocenters. The van der Waals surface area contributed by atoms with E-state index in [1.807, 2.05) is 0 Å². The maximum absolute atomic E-state index is 12.4. The number of fused-ring (bicyclic) bond motifs is 1. The highest BCUT2D eigenvalue weighted by Gasteiger charge is 2.16. The molecule has 4 rings (SSSR count). The summed E-state index contributed by atoms with van der Waals surface area (Å²) in [6.45, 7) is 1.65. The van der Waals surface area contributed by atoms with E-state index in [0.29, 0.717) is 16.8 Å². The van der Waals surface area contributed by atoms with Crippen molar-refractivity contribution in [3.05, 3.63) is 76.3 Å². The van der Waals surface area contributed by atoms with Crippen molar-refractivity contribution in [1.29, 1.82) is 0 Å². The number of phenols is 1. The van der Waals surface area contributed by atoms with Crippen LogP contribution in [-0.4, -0.2) is 24.9 Å². The molecule has 31 heavy (non-hydrogen) atoms. The number of aryl methyl sites for hydroxylation is 1. The van der Waals surface area contributed by atoms with Crippen molar-refractivity contribution in [1.82, 2.24) is 5.16 Å². The first kappa shape index (κ1) is 20.2. The van der Waals surface area contributed by atoms with Crippen LogP contribution in [0, 0.1) is 6.92 Å². The van der Waals surface area contributed by atoms with Crippen LogP contribution in [0.25, 0.3) is 11.0 Å². The highest BCUT2D eigenvalue weighted by Crippen LogP contribution is 2.24. The van der Waals surface area contributed by atoms with Gasteiger partial charge in [0.2, 0.25) is 0 Å². The van der Waals surface area contributed by atoms with Gasteiger partial charge in [-0.05, 0) is 49.4 Å². The SMILES string of the molecule is Cc1cc(NS(=O)(=O)c2ccc(N/N=C/c3c(O)ccc4ccc(=O)oc34)cc2)no1. The number of rotatable bonds is 6. The molecule has 0 saturated heterocycles. The van der Waals surface area contributed by atoms with Gasteiger partial charge < -0.3 is 14.0 Å². The van der Waals surface area contributed by atoms with Crippen molar-refractivity contribution in [2.24, 2.45) is 5.10 Å². The third-order valence-corrected chi connectivity index (χ3v) is 5.59. The molecule has 10 nitrogen and oxygen atoms in total. The van der Waals surface area contributed by atoms with Gasteiger partial charge in [0, 0.05) is 17.5 Å². The number of sulfonamides is 1. The van der Waals surface area contributed by atoms with E-state index in [4.69, 9.17) is 8.94 Å². The van der Waals surface area contributed by atoms with Crippen molar-refractivity contribution < 1.29 is 22.5 Å². The number of aromatic nitrogens is 1. The van der Waals surface area contributed by atoms with Gasteiger partial charge in [0.1, 0.15) is 11.5 Å². The van der Waals surface area contributed by atoms with Crippen LogP contribution in [0.2, 0.25) is 0 Å².